The standard InChI is InChI=1S/C22H24N4O/c1-3-18-5-4-17(15-24-18)22-14-21(16-10-12-23-13-11-16)25-26(22)19-6-8-20(27-2)9-7-19/h3-9,14-16,23H,1,10-13H2,2H3. The Bertz CT molecular complexity index is 906. The van der Waals surface area contributed by atoms with E-state index in [1.165, 1.54) is 0 Å². The van der Waals surface area contributed by atoms with Gasteiger partial charge in [-0.2, -0.15) is 5.10 Å². The van der Waals surface area contributed by atoms with Crippen LogP contribution in [0.15, 0.2) is 55.2 Å². The molecule has 0 unspecified atom stereocenters. The second-order valence-corrected chi connectivity index (χ2v) is 6.76. The zero-order valence-electron chi connectivity index (χ0n) is 15.6. The van der Waals surface area contributed by atoms with Crippen molar-refractivity contribution in [2.45, 2.75) is 18.8 Å². The number of methoxy groups -OCH3 is 1. The van der Waals surface area contributed by atoms with Gasteiger partial charge in [0, 0.05) is 17.7 Å². The molecule has 3 aromatic rings. The smallest absolute Gasteiger partial charge is 0.119 e. The summed E-state index contributed by atoms with van der Waals surface area (Å²) in [5, 5.41) is 8.41. The van der Waals surface area contributed by atoms with Crippen LogP contribution in [-0.2, 0) is 0 Å². The first kappa shape index (κ1) is 17.5. The Balaban J connectivity index is 1.78. The van der Waals surface area contributed by atoms with Gasteiger partial charge in [0.15, 0.2) is 0 Å². The lowest BCUT2D eigenvalue weighted by atomic mass is 9.94. The van der Waals surface area contributed by atoms with Gasteiger partial charge in [-0.25, -0.2) is 4.68 Å². The fourth-order valence-electron chi connectivity index (χ4n) is 3.52. The molecule has 0 saturated carbocycles. The quantitative estimate of drug-likeness (QED) is 0.746. The second-order valence-electron chi connectivity index (χ2n) is 6.76. The molecule has 0 bridgehead atoms. The molecule has 4 rings (SSSR count). The monoisotopic (exact) mass is 360 g/mol. The predicted molar refractivity (Wildman–Crippen MR) is 108 cm³/mol. The molecule has 1 N–H and O–H groups in total. The van der Waals surface area contributed by atoms with Crippen LogP contribution in [0.3, 0.4) is 0 Å². The summed E-state index contributed by atoms with van der Waals surface area (Å²) >= 11 is 0. The lowest BCUT2D eigenvalue weighted by Crippen LogP contribution is -2.26. The van der Waals surface area contributed by atoms with E-state index in [-0.39, 0.29) is 0 Å². The van der Waals surface area contributed by atoms with Gasteiger partial charge in [0.05, 0.1) is 29.9 Å². The first-order valence-electron chi connectivity index (χ1n) is 9.32. The SMILES string of the molecule is C=Cc1ccc(-c2cc(C3CCNCC3)nn2-c2ccc(OC)cc2)cn1. The van der Waals surface area contributed by atoms with Gasteiger partial charge in [-0.05, 0) is 74.5 Å². The Kier molecular flexibility index (Phi) is 5.03. The van der Waals surface area contributed by atoms with Gasteiger partial charge in [0.1, 0.15) is 5.75 Å². The van der Waals surface area contributed by atoms with Crippen LogP contribution in [0.5, 0.6) is 5.75 Å². The van der Waals surface area contributed by atoms with Gasteiger partial charge < -0.3 is 10.1 Å². The highest BCUT2D eigenvalue weighted by atomic mass is 16.5. The normalized spacial score (nSPS) is 14.9. The summed E-state index contributed by atoms with van der Waals surface area (Å²) in [7, 11) is 1.68. The van der Waals surface area contributed by atoms with Crippen LogP contribution in [0.1, 0.15) is 30.1 Å². The number of benzene rings is 1. The largest absolute Gasteiger partial charge is 0.497 e. The van der Waals surface area contributed by atoms with E-state index in [1.54, 1.807) is 13.2 Å². The summed E-state index contributed by atoms with van der Waals surface area (Å²) in [6, 6.07) is 14.3. The van der Waals surface area contributed by atoms with Crippen molar-refractivity contribution in [2.24, 2.45) is 0 Å². The van der Waals surface area contributed by atoms with Gasteiger partial charge in [0.25, 0.3) is 0 Å². The van der Waals surface area contributed by atoms with Crippen molar-refractivity contribution in [2.75, 3.05) is 20.2 Å². The summed E-state index contributed by atoms with van der Waals surface area (Å²) in [5.74, 6) is 1.33. The molecule has 0 aliphatic carbocycles. The summed E-state index contributed by atoms with van der Waals surface area (Å²) in [4.78, 5) is 4.47. The molecule has 1 saturated heterocycles. The maximum atomic E-state index is 5.29. The zero-order valence-corrected chi connectivity index (χ0v) is 15.6. The van der Waals surface area contributed by atoms with Crippen LogP contribution in [-0.4, -0.2) is 35.0 Å². The Morgan fingerprint density at radius 2 is 1.93 bits per heavy atom. The van der Waals surface area contributed by atoms with Crippen molar-refractivity contribution in [1.82, 2.24) is 20.1 Å². The first-order valence-corrected chi connectivity index (χ1v) is 9.32. The number of nitrogens with zero attached hydrogens (tertiary/aromatic N) is 3. The molecule has 1 aromatic carbocycles. The lowest BCUT2D eigenvalue weighted by Gasteiger charge is -2.20. The number of ether oxygens (including phenoxy) is 1. The summed E-state index contributed by atoms with van der Waals surface area (Å²) in [5.41, 5.74) is 5.13. The zero-order chi connectivity index (χ0) is 18.6. The first-order chi connectivity index (χ1) is 13.3. The van der Waals surface area contributed by atoms with E-state index in [0.29, 0.717) is 5.92 Å². The average Bonchev–Trinajstić information content (AvgIpc) is 3.20. The van der Waals surface area contributed by atoms with Crippen molar-refractivity contribution < 1.29 is 4.74 Å². The summed E-state index contributed by atoms with van der Waals surface area (Å²) < 4.78 is 7.31. The molecule has 1 aliphatic rings. The third-order valence-electron chi connectivity index (χ3n) is 5.09. The maximum absolute atomic E-state index is 5.29. The molecule has 1 aliphatic heterocycles. The number of rotatable bonds is 5. The van der Waals surface area contributed by atoms with E-state index >= 15 is 0 Å². The van der Waals surface area contributed by atoms with Crippen molar-refractivity contribution in [1.29, 1.82) is 0 Å². The van der Waals surface area contributed by atoms with Crippen molar-refractivity contribution in [3.8, 4) is 22.7 Å². The molecular weight excluding hydrogens is 336 g/mol. The molecule has 0 atom stereocenters. The highest BCUT2D eigenvalue weighted by Crippen LogP contribution is 2.31. The van der Waals surface area contributed by atoms with Gasteiger partial charge >= 0.3 is 0 Å². The Labute approximate surface area is 159 Å². The van der Waals surface area contributed by atoms with Crippen molar-refractivity contribution >= 4 is 6.08 Å². The molecule has 5 heteroatoms. The Morgan fingerprint density at radius 3 is 2.56 bits per heavy atom. The lowest BCUT2D eigenvalue weighted by molar-refractivity contribution is 0.414. The minimum Gasteiger partial charge on any atom is -0.497 e. The van der Waals surface area contributed by atoms with Gasteiger partial charge in [0.2, 0.25) is 0 Å². The third-order valence-corrected chi connectivity index (χ3v) is 5.09. The molecule has 5 nitrogen and oxygen atoms in total. The highest BCUT2D eigenvalue weighted by molar-refractivity contribution is 5.63. The van der Waals surface area contributed by atoms with Crippen LogP contribution in [0, 0.1) is 0 Å². The Morgan fingerprint density at radius 1 is 1.15 bits per heavy atom. The molecule has 0 spiro atoms. The van der Waals surface area contributed by atoms with Crippen LogP contribution < -0.4 is 10.1 Å². The molecule has 0 amide bonds. The van der Waals surface area contributed by atoms with E-state index in [0.717, 1.165) is 60.0 Å². The van der Waals surface area contributed by atoms with E-state index in [2.05, 4.69) is 29.0 Å². The molecule has 27 heavy (non-hydrogen) atoms. The predicted octanol–water partition coefficient (Wildman–Crippen LogP) is 4.05. The second kappa shape index (κ2) is 7.76. The molecule has 3 heterocycles. The minimum atomic E-state index is 0.491. The highest BCUT2D eigenvalue weighted by Gasteiger charge is 2.21. The number of hydrogen-bond acceptors (Lipinski definition) is 4. The number of piperidine rings is 1. The molecule has 138 valence electrons. The third kappa shape index (κ3) is 3.64. The number of nitrogens with one attached hydrogen (secondary N) is 1. The van der Waals surface area contributed by atoms with E-state index in [1.807, 2.05) is 41.2 Å². The minimum absolute atomic E-state index is 0.491. The summed E-state index contributed by atoms with van der Waals surface area (Å²) in [6.45, 7) is 5.88. The fraction of sp³-hybridized carbons (Fsp3) is 0.273. The van der Waals surface area contributed by atoms with Gasteiger partial charge in [-0.1, -0.05) is 6.58 Å². The topological polar surface area (TPSA) is 52.0 Å². The molecular formula is C22H24N4O. The number of pyridine rings is 1. The number of hydrogen-bond donors (Lipinski definition) is 1. The van der Waals surface area contributed by atoms with Crippen LogP contribution in [0.25, 0.3) is 23.0 Å². The van der Waals surface area contributed by atoms with Crippen LogP contribution in [0.4, 0.5) is 0 Å². The van der Waals surface area contributed by atoms with Crippen LogP contribution >= 0.6 is 0 Å². The fourth-order valence-corrected chi connectivity index (χ4v) is 3.52. The van der Waals surface area contributed by atoms with E-state index in [9.17, 15) is 0 Å². The van der Waals surface area contributed by atoms with Gasteiger partial charge in [-0.3, -0.25) is 4.98 Å². The van der Waals surface area contributed by atoms with Crippen LogP contribution in [0.2, 0.25) is 0 Å². The van der Waals surface area contributed by atoms with E-state index in [4.69, 9.17) is 9.84 Å². The number of aromatic nitrogens is 3. The van der Waals surface area contributed by atoms with Crippen molar-refractivity contribution in [3.05, 3.63) is 66.6 Å². The van der Waals surface area contributed by atoms with Gasteiger partial charge in [-0.15, -0.1) is 0 Å². The van der Waals surface area contributed by atoms with E-state index < -0.39 is 0 Å². The summed E-state index contributed by atoms with van der Waals surface area (Å²) in [6.07, 6.45) is 5.88. The van der Waals surface area contributed by atoms with Crippen molar-refractivity contribution in [3.63, 3.8) is 0 Å². The molecule has 2 aromatic heterocycles. The molecule has 0 radical (unpaired) electrons. The Hall–Kier alpha value is -2.92. The maximum Gasteiger partial charge on any atom is 0.119 e. The molecule has 1 fully saturated rings. The average molecular weight is 360 g/mol.